The van der Waals surface area contributed by atoms with Crippen molar-refractivity contribution in [2.24, 2.45) is 0 Å². The molecule has 2 saturated heterocycles. The Hall–Kier alpha value is -2.22. The second-order valence-electron chi connectivity index (χ2n) is 6.78. The zero-order valence-electron chi connectivity index (χ0n) is 15.1. The third-order valence-corrected chi connectivity index (χ3v) is 5.22. The lowest BCUT2D eigenvalue weighted by Crippen LogP contribution is -2.45. The maximum absolute atomic E-state index is 12.4. The van der Waals surface area contributed by atoms with Crippen molar-refractivity contribution in [3.63, 3.8) is 0 Å². The first kappa shape index (κ1) is 18.2. The Labute approximate surface area is 162 Å². The average Bonchev–Trinajstić information content (AvgIpc) is 3.13. The van der Waals surface area contributed by atoms with Gasteiger partial charge >= 0.3 is 0 Å². The Bertz CT molecular complexity index is 827. The maximum Gasteiger partial charge on any atom is 0.276 e. The van der Waals surface area contributed by atoms with Gasteiger partial charge in [-0.3, -0.25) is 4.79 Å². The Morgan fingerprint density at radius 3 is 2.52 bits per heavy atom. The van der Waals surface area contributed by atoms with Crippen LogP contribution in [0.15, 0.2) is 30.3 Å². The standard InChI is InChI=1S/C19H21ClN4O3/c1-13-12-14(20)2-3-15(13)21-18(25)16-4-5-17(23-22-16)24-8-6-19(7-9-24)26-10-11-27-19/h2-5,12H,6-11H2,1H3,(H,21,25). The fraction of sp³-hybridized carbons (Fsp3) is 0.421. The molecule has 1 amide bonds. The highest BCUT2D eigenvalue weighted by Crippen LogP contribution is 2.32. The van der Waals surface area contributed by atoms with Crippen molar-refractivity contribution < 1.29 is 14.3 Å². The van der Waals surface area contributed by atoms with Gasteiger partial charge in [0.05, 0.1) is 13.2 Å². The molecule has 1 spiro atoms. The molecule has 1 aromatic heterocycles. The van der Waals surface area contributed by atoms with Crippen LogP contribution in [-0.2, 0) is 9.47 Å². The van der Waals surface area contributed by atoms with E-state index in [0.29, 0.717) is 23.9 Å². The summed E-state index contributed by atoms with van der Waals surface area (Å²) >= 11 is 5.95. The molecule has 2 aliphatic rings. The summed E-state index contributed by atoms with van der Waals surface area (Å²) in [5.41, 5.74) is 1.86. The summed E-state index contributed by atoms with van der Waals surface area (Å²) in [6.07, 6.45) is 1.60. The van der Waals surface area contributed by atoms with Crippen LogP contribution in [0.3, 0.4) is 0 Å². The van der Waals surface area contributed by atoms with Crippen LogP contribution in [-0.4, -0.2) is 48.2 Å². The van der Waals surface area contributed by atoms with Crippen LogP contribution in [0.2, 0.25) is 5.02 Å². The molecule has 0 bridgehead atoms. The first-order chi connectivity index (χ1) is 13.0. The number of carbonyl (C=O) groups excluding carboxylic acids is 1. The van der Waals surface area contributed by atoms with Gasteiger partial charge in [-0.1, -0.05) is 11.6 Å². The number of anilines is 2. The summed E-state index contributed by atoms with van der Waals surface area (Å²) in [5.74, 6) is 0.0344. The lowest BCUT2D eigenvalue weighted by molar-refractivity contribution is -0.169. The van der Waals surface area contributed by atoms with Gasteiger partial charge in [-0.2, -0.15) is 0 Å². The van der Waals surface area contributed by atoms with Gasteiger partial charge in [0.15, 0.2) is 17.3 Å². The van der Waals surface area contributed by atoms with Gasteiger partial charge in [0.2, 0.25) is 0 Å². The number of nitrogens with one attached hydrogen (secondary N) is 1. The topological polar surface area (TPSA) is 76.6 Å². The highest BCUT2D eigenvalue weighted by atomic mass is 35.5. The summed E-state index contributed by atoms with van der Waals surface area (Å²) < 4.78 is 11.5. The molecule has 1 aromatic carbocycles. The van der Waals surface area contributed by atoms with Gasteiger partial charge in [-0.15, -0.1) is 10.2 Å². The molecule has 2 aliphatic heterocycles. The van der Waals surface area contributed by atoms with Crippen LogP contribution in [0, 0.1) is 6.92 Å². The summed E-state index contributed by atoms with van der Waals surface area (Å²) in [5, 5.41) is 11.8. The number of amides is 1. The number of aryl methyl sites for hydroxylation is 1. The second-order valence-corrected chi connectivity index (χ2v) is 7.22. The van der Waals surface area contributed by atoms with Gasteiger partial charge in [0.25, 0.3) is 5.91 Å². The number of aromatic nitrogens is 2. The van der Waals surface area contributed by atoms with Crippen LogP contribution in [0.1, 0.15) is 28.9 Å². The Kier molecular flexibility index (Phi) is 4.99. The van der Waals surface area contributed by atoms with Crippen molar-refractivity contribution in [2.45, 2.75) is 25.6 Å². The molecule has 0 aliphatic carbocycles. The Morgan fingerprint density at radius 1 is 1.15 bits per heavy atom. The maximum atomic E-state index is 12.4. The van der Waals surface area contributed by atoms with Gasteiger partial charge in [-0.05, 0) is 42.8 Å². The smallest absolute Gasteiger partial charge is 0.276 e. The molecule has 2 aromatic rings. The van der Waals surface area contributed by atoms with Crippen molar-refractivity contribution in [3.8, 4) is 0 Å². The average molecular weight is 389 g/mol. The first-order valence-electron chi connectivity index (χ1n) is 8.99. The van der Waals surface area contributed by atoms with E-state index in [1.807, 2.05) is 13.0 Å². The third kappa shape index (κ3) is 3.90. The molecule has 27 heavy (non-hydrogen) atoms. The number of piperidine rings is 1. The molecule has 1 N–H and O–H groups in total. The van der Waals surface area contributed by atoms with Crippen molar-refractivity contribution in [3.05, 3.63) is 46.6 Å². The number of benzene rings is 1. The van der Waals surface area contributed by atoms with E-state index in [-0.39, 0.29) is 11.6 Å². The summed E-state index contributed by atoms with van der Waals surface area (Å²) in [4.78, 5) is 14.5. The molecule has 2 fully saturated rings. The van der Waals surface area contributed by atoms with E-state index in [0.717, 1.165) is 37.3 Å². The summed E-state index contributed by atoms with van der Waals surface area (Å²) in [7, 11) is 0. The monoisotopic (exact) mass is 388 g/mol. The van der Waals surface area contributed by atoms with Crippen molar-refractivity contribution in [1.29, 1.82) is 0 Å². The van der Waals surface area contributed by atoms with Crippen LogP contribution >= 0.6 is 11.6 Å². The minimum absolute atomic E-state index is 0.268. The molecule has 0 unspecified atom stereocenters. The second kappa shape index (κ2) is 7.42. The largest absolute Gasteiger partial charge is 0.355 e. The number of nitrogens with zero attached hydrogens (tertiary/aromatic N) is 3. The van der Waals surface area contributed by atoms with Crippen molar-refractivity contribution in [1.82, 2.24) is 10.2 Å². The predicted molar refractivity (Wildman–Crippen MR) is 102 cm³/mol. The molecular weight excluding hydrogens is 368 g/mol. The minimum Gasteiger partial charge on any atom is -0.355 e. The van der Waals surface area contributed by atoms with Crippen molar-refractivity contribution in [2.75, 3.05) is 36.5 Å². The van der Waals surface area contributed by atoms with Crippen LogP contribution in [0.5, 0.6) is 0 Å². The molecule has 8 heteroatoms. The predicted octanol–water partition coefficient (Wildman–Crippen LogP) is 3.03. The van der Waals surface area contributed by atoms with E-state index in [1.165, 1.54) is 0 Å². The minimum atomic E-state index is -0.416. The first-order valence-corrected chi connectivity index (χ1v) is 9.37. The van der Waals surface area contributed by atoms with E-state index in [9.17, 15) is 4.79 Å². The Morgan fingerprint density at radius 2 is 1.89 bits per heavy atom. The lowest BCUT2D eigenvalue weighted by atomic mass is 10.0. The van der Waals surface area contributed by atoms with Gasteiger partial charge in [-0.25, -0.2) is 0 Å². The molecule has 7 nitrogen and oxygen atoms in total. The SMILES string of the molecule is Cc1cc(Cl)ccc1NC(=O)c1ccc(N2CCC3(CC2)OCCO3)nn1. The van der Waals surface area contributed by atoms with Crippen molar-refractivity contribution >= 4 is 29.0 Å². The molecule has 4 rings (SSSR count). The fourth-order valence-corrected chi connectivity index (χ4v) is 3.66. The zero-order valence-corrected chi connectivity index (χ0v) is 15.8. The van der Waals surface area contributed by atoms with E-state index >= 15 is 0 Å². The Balaban J connectivity index is 1.39. The van der Waals surface area contributed by atoms with Crippen LogP contribution in [0.25, 0.3) is 0 Å². The van der Waals surface area contributed by atoms with Gasteiger partial charge in [0.1, 0.15) is 0 Å². The number of ether oxygens (including phenoxy) is 2. The van der Waals surface area contributed by atoms with E-state index < -0.39 is 5.79 Å². The highest BCUT2D eigenvalue weighted by molar-refractivity contribution is 6.30. The summed E-state index contributed by atoms with van der Waals surface area (Å²) in [6, 6.07) is 8.82. The molecular formula is C19H21ClN4O3. The quantitative estimate of drug-likeness (QED) is 0.870. The fourth-order valence-electron chi connectivity index (χ4n) is 3.43. The number of halogens is 1. The van der Waals surface area contributed by atoms with Gasteiger partial charge < -0.3 is 19.7 Å². The zero-order chi connectivity index (χ0) is 18.9. The van der Waals surface area contributed by atoms with E-state index in [1.54, 1.807) is 24.3 Å². The molecule has 3 heterocycles. The van der Waals surface area contributed by atoms with Crippen LogP contribution in [0.4, 0.5) is 11.5 Å². The van der Waals surface area contributed by atoms with Gasteiger partial charge in [0, 0.05) is 36.6 Å². The third-order valence-electron chi connectivity index (χ3n) is 4.98. The highest BCUT2D eigenvalue weighted by Gasteiger charge is 2.40. The lowest BCUT2D eigenvalue weighted by Gasteiger charge is -2.37. The molecule has 0 radical (unpaired) electrons. The molecule has 0 saturated carbocycles. The molecule has 142 valence electrons. The number of hydrogen-bond donors (Lipinski definition) is 1. The number of carbonyl (C=O) groups is 1. The summed E-state index contributed by atoms with van der Waals surface area (Å²) in [6.45, 7) is 4.78. The van der Waals surface area contributed by atoms with Crippen LogP contribution < -0.4 is 10.2 Å². The van der Waals surface area contributed by atoms with E-state index in [2.05, 4.69) is 20.4 Å². The molecule has 0 atom stereocenters. The number of hydrogen-bond acceptors (Lipinski definition) is 6. The normalized spacial score (nSPS) is 18.7. The van der Waals surface area contributed by atoms with E-state index in [4.69, 9.17) is 21.1 Å². The number of rotatable bonds is 3.